The maximum atomic E-state index is 5.63. The van der Waals surface area contributed by atoms with E-state index in [4.69, 9.17) is 5.73 Å². The highest BCUT2D eigenvalue weighted by Gasteiger charge is 2.04. The standard InChI is InChI=1S/C9H9BrN4S/c10-7-8(11)13-5-14-9(7)12-3-6-1-2-15-4-6/h1-2,4-5H,3H2,(H3,11,12,13,14). The molecule has 2 heterocycles. The SMILES string of the molecule is Nc1ncnc(NCc2ccsc2)c1Br. The van der Waals surface area contributed by atoms with Crippen molar-refractivity contribution in [1.29, 1.82) is 0 Å². The van der Waals surface area contributed by atoms with E-state index >= 15 is 0 Å². The fourth-order valence-corrected chi connectivity index (χ4v) is 2.10. The van der Waals surface area contributed by atoms with Crippen LogP contribution in [-0.2, 0) is 6.54 Å². The average Bonchev–Trinajstić information content (AvgIpc) is 2.73. The third-order valence-corrected chi connectivity index (χ3v) is 3.37. The molecule has 2 aromatic rings. The van der Waals surface area contributed by atoms with Gasteiger partial charge in [-0.2, -0.15) is 11.3 Å². The van der Waals surface area contributed by atoms with Crippen molar-refractivity contribution in [3.8, 4) is 0 Å². The summed E-state index contributed by atoms with van der Waals surface area (Å²) >= 11 is 5.01. The first kappa shape index (κ1) is 10.4. The van der Waals surface area contributed by atoms with Gasteiger partial charge in [-0.3, -0.25) is 0 Å². The number of rotatable bonds is 3. The van der Waals surface area contributed by atoms with Crippen LogP contribution in [0.2, 0.25) is 0 Å². The Kier molecular flexibility index (Phi) is 3.17. The minimum atomic E-state index is 0.442. The molecule has 0 unspecified atom stereocenters. The topological polar surface area (TPSA) is 63.8 Å². The van der Waals surface area contributed by atoms with E-state index in [1.807, 2.05) is 5.38 Å². The molecule has 0 aliphatic heterocycles. The van der Waals surface area contributed by atoms with Gasteiger partial charge in [0.05, 0.1) is 0 Å². The van der Waals surface area contributed by atoms with Gasteiger partial charge in [0.15, 0.2) is 0 Å². The number of thiophene rings is 1. The molecule has 0 saturated heterocycles. The summed E-state index contributed by atoms with van der Waals surface area (Å²) in [7, 11) is 0. The maximum Gasteiger partial charge on any atom is 0.146 e. The molecule has 0 atom stereocenters. The molecule has 4 nitrogen and oxygen atoms in total. The summed E-state index contributed by atoms with van der Waals surface area (Å²) in [5.74, 6) is 1.16. The van der Waals surface area contributed by atoms with Gasteiger partial charge in [0.25, 0.3) is 0 Å². The molecule has 0 spiro atoms. The molecule has 0 aromatic carbocycles. The number of hydrogen-bond donors (Lipinski definition) is 2. The van der Waals surface area contributed by atoms with E-state index in [-0.39, 0.29) is 0 Å². The largest absolute Gasteiger partial charge is 0.383 e. The highest BCUT2D eigenvalue weighted by molar-refractivity contribution is 9.10. The Morgan fingerprint density at radius 1 is 1.47 bits per heavy atom. The van der Waals surface area contributed by atoms with Crippen LogP contribution in [0.4, 0.5) is 11.6 Å². The number of hydrogen-bond acceptors (Lipinski definition) is 5. The van der Waals surface area contributed by atoms with Crippen molar-refractivity contribution in [2.24, 2.45) is 0 Å². The van der Waals surface area contributed by atoms with Crippen molar-refractivity contribution < 1.29 is 0 Å². The Labute approximate surface area is 99.7 Å². The van der Waals surface area contributed by atoms with Gasteiger partial charge in [-0.05, 0) is 38.3 Å². The Balaban J connectivity index is 2.08. The number of nitrogens with one attached hydrogen (secondary N) is 1. The molecule has 0 aliphatic rings. The molecule has 0 radical (unpaired) electrons. The van der Waals surface area contributed by atoms with E-state index in [1.54, 1.807) is 11.3 Å². The second-order valence-electron chi connectivity index (χ2n) is 2.91. The van der Waals surface area contributed by atoms with Crippen molar-refractivity contribution in [2.45, 2.75) is 6.54 Å². The van der Waals surface area contributed by atoms with Gasteiger partial charge < -0.3 is 11.1 Å². The third-order valence-electron chi connectivity index (χ3n) is 1.86. The predicted octanol–water partition coefficient (Wildman–Crippen LogP) is 2.49. The summed E-state index contributed by atoms with van der Waals surface area (Å²) in [6.45, 7) is 0.735. The molecule has 2 rings (SSSR count). The third kappa shape index (κ3) is 2.45. The van der Waals surface area contributed by atoms with Crippen LogP contribution in [0.3, 0.4) is 0 Å². The second kappa shape index (κ2) is 4.59. The highest BCUT2D eigenvalue weighted by Crippen LogP contribution is 2.24. The van der Waals surface area contributed by atoms with Crippen LogP contribution >= 0.6 is 27.3 Å². The lowest BCUT2D eigenvalue weighted by molar-refractivity contribution is 1.08. The molecule has 15 heavy (non-hydrogen) atoms. The molecule has 0 aliphatic carbocycles. The summed E-state index contributed by atoms with van der Waals surface area (Å²) in [6, 6.07) is 2.07. The molecular weight excluding hydrogens is 276 g/mol. The van der Waals surface area contributed by atoms with Crippen molar-refractivity contribution in [2.75, 3.05) is 11.1 Å². The summed E-state index contributed by atoms with van der Waals surface area (Å²) in [4.78, 5) is 7.96. The number of nitrogen functional groups attached to an aromatic ring is 1. The van der Waals surface area contributed by atoms with Crippen LogP contribution in [0.5, 0.6) is 0 Å². The first-order chi connectivity index (χ1) is 7.27. The summed E-state index contributed by atoms with van der Waals surface area (Å²) < 4.78 is 0.709. The lowest BCUT2D eigenvalue weighted by atomic mass is 10.3. The fourth-order valence-electron chi connectivity index (χ4n) is 1.09. The lowest BCUT2D eigenvalue weighted by Gasteiger charge is -2.06. The van der Waals surface area contributed by atoms with E-state index in [1.165, 1.54) is 11.9 Å². The first-order valence-electron chi connectivity index (χ1n) is 4.28. The lowest BCUT2D eigenvalue weighted by Crippen LogP contribution is -2.03. The molecule has 0 amide bonds. The Hall–Kier alpha value is -1.14. The van der Waals surface area contributed by atoms with E-state index in [9.17, 15) is 0 Å². The Morgan fingerprint density at radius 2 is 2.33 bits per heavy atom. The Morgan fingerprint density at radius 3 is 3.07 bits per heavy atom. The highest BCUT2D eigenvalue weighted by atomic mass is 79.9. The number of anilines is 2. The summed E-state index contributed by atoms with van der Waals surface area (Å²) in [5.41, 5.74) is 6.86. The van der Waals surface area contributed by atoms with Crippen LogP contribution in [0, 0.1) is 0 Å². The number of halogens is 1. The zero-order valence-electron chi connectivity index (χ0n) is 7.77. The van der Waals surface area contributed by atoms with Crippen molar-refractivity contribution in [1.82, 2.24) is 9.97 Å². The quantitative estimate of drug-likeness (QED) is 0.909. The van der Waals surface area contributed by atoms with Crippen LogP contribution in [-0.4, -0.2) is 9.97 Å². The molecule has 2 aromatic heterocycles. The minimum absolute atomic E-state index is 0.442. The predicted molar refractivity (Wildman–Crippen MR) is 65.8 cm³/mol. The number of nitrogens with two attached hydrogens (primary N) is 1. The molecule has 0 bridgehead atoms. The van der Waals surface area contributed by atoms with Crippen molar-refractivity contribution in [3.63, 3.8) is 0 Å². The monoisotopic (exact) mass is 284 g/mol. The summed E-state index contributed by atoms with van der Waals surface area (Å²) in [5, 5.41) is 7.32. The molecule has 6 heteroatoms. The normalized spacial score (nSPS) is 10.2. The average molecular weight is 285 g/mol. The number of nitrogens with zero attached hydrogens (tertiary/aromatic N) is 2. The zero-order chi connectivity index (χ0) is 10.7. The smallest absolute Gasteiger partial charge is 0.146 e. The zero-order valence-corrected chi connectivity index (χ0v) is 10.2. The van der Waals surface area contributed by atoms with Crippen LogP contribution in [0.15, 0.2) is 27.6 Å². The van der Waals surface area contributed by atoms with E-state index < -0.39 is 0 Å². The van der Waals surface area contributed by atoms with Crippen LogP contribution in [0.1, 0.15) is 5.56 Å². The van der Waals surface area contributed by atoms with Crippen LogP contribution < -0.4 is 11.1 Å². The van der Waals surface area contributed by atoms with Gasteiger partial charge in [0.2, 0.25) is 0 Å². The fraction of sp³-hybridized carbons (Fsp3) is 0.111. The van der Waals surface area contributed by atoms with Crippen molar-refractivity contribution >= 4 is 38.9 Å². The number of aromatic nitrogens is 2. The van der Waals surface area contributed by atoms with E-state index in [0.717, 1.165) is 6.54 Å². The molecular formula is C9H9BrN4S. The molecule has 0 saturated carbocycles. The van der Waals surface area contributed by atoms with Gasteiger partial charge in [-0.25, -0.2) is 9.97 Å². The second-order valence-corrected chi connectivity index (χ2v) is 4.48. The van der Waals surface area contributed by atoms with Crippen molar-refractivity contribution in [3.05, 3.63) is 33.2 Å². The summed E-state index contributed by atoms with van der Waals surface area (Å²) in [6.07, 6.45) is 1.44. The van der Waals surface area contributed by atoms with Crippen LogP contribution in [0.25, 0.3) is 0 Å². The van der Waals surface area contributed by atoms with Gasteiger partial charge in [-0.1, -0.05) is 0 Å². The van der Waals surface area contributed by atoms with Gasteiger partial charge in [0, 0.05) is 6.54 Å². The minimum Gasteiger partial charge on any atom is -0.383 e. The molecule has 78 valence electrons. The molecule has 0 fully saturated rings. The van der Waals surface area contributed by atoms with Gasteiger partial charge in [0.1, 0.15) is 22.4 Å². The maximum absolute atomic E-state index is 5.63. The first-order valence-corrected chi connectivity index (χ1v) is 6.02. The van der Waals surface area contributed by atoms with Gasteiger partial charge >= 0.3 is 0 Å². The molecule has 3 N–H and O–H groups in total. The van der Waals surface area contributed by atoms with E-state index in [0.29, 0.717) is 16.1 Å². The van der Waals surface area contributed by atoms with Gasteiger partial charge in [-0.15, -0.1) is 0 Å². The Bertz CT molecular complexity index is 443. The van der Waals surface area contributed by atoms with E-state index in [2.05, 4.69) is 42.7 Å².